The van der Waals surface area contributed by atoms with Crippen molar-refractivity contribution >= 4 is 0 Å². The van der Waals surface area contributed by atoms with Gasteiger partial charge in [-0.15, -0.1) is 0 Å². The van der Waals surface area contributed by atoms with Gasteiger partial charge >= 0.3 is 0 Å². The second kappa shape index (κ2) is 5.86. The van der Waals surface area contributed by atoms with Crippen LogP contribution in [0.5, 0.6) is 0 Å². The molecular formula is C13H28N2. The molecule has 2 heteroatoms. The zero-order valence-electron chi connectivity index (χ0n) is 11.0. The van der Waals surface area contributed by atoms with E-state index in [0.29, 0.717) is 11.5 Å². The minimum absolute atomic E-state index is 0.539. The molecule has 0 radical (unpaired) electrons. The van der Waals surface area contributed by atoms with Gasteiger partial charge in [-0.2, -0.15) is 0 Å². The molecule has 0 aliphatic carbocycles. The van der Waals surface area contributed by atoms with Crippen molar-refractivity contribution in [1.82, 2.24) is 10.2 Å². The molecule has 2 nitrogen and oxygen atoms in total. The fourth-order valence-corrected chi connectivity index (χ4v) is 2.27. The average Bonchev–Trinajstić information content (AvgIpc) is 2.53. The van der Waals surface area contributed by atoms with E-state index in [1.807, 2.05) is 0 Å². The maximum absolute atomic E-state index is 3.55. The molecule has 1 atom stereocenters. The van der Waals surface area contributed by atoms with Gasteiger partial charge in [-0.05, 0) is 38.3 Å². The fourth-order valence-electron chi connectivity index (χ4n) is 2.27. The highest BCUT2D eigenvalue weighted by Gasteiger charge is 2.31. The van der Waals surface area contributed by atoms with Crippen LogP contribution in [0, 0.1) is 5.41 Å². The second-order valence-electron chi connectivity index (χ2n) is 5.79. The second-order valence-corrected chi connectivity index (χ2v) is 5.79. The molecule has 1 saturated heterocycles. The summed E-state index contributed by atoms with van der Waals surface area (Å²) in [6, 6.07) is 0.698. The first-order valence-electron chi connectivity index (χ1n) is 6.50. The molecule has 1 N–H and O–H groups in total. The third-order valence-corrected chi connectivity index (χ3v) is 3.48. The molecule has 0 saturated carbocycles. The lowest BCUT2D eigenvalue weighted by atomic mass is 9.93. The topological polar surface area (TPSA) is 15.3 Å². The van der Waals surface area contributed by atoms with Gasteiger partial charge in [0.05, 0.1) is 0 Å². The van der Waals surface area contributed by atoms with Crippen molar-refractivity contribution in [2.75, 3.05) is 26.2 Å². The first kappa shape index (κ1) is 13.0. The minimum atomic E-state index is 0.539. The number of nitrogens with zero attached hydrogens (tertiary/aromatic N) is 1. The monoisotopic (exact) mass is 212 g/mol. The highest BCUT2D eigenvalue weighted by atomic mass is 15.2. The van der Waals surface area contributed by atoms with Crippen LogP contribution in [0.2, 0.25) is 0 Å². The van der Waals surface area contributed by atoms with Gasteiger partial charge in [0.25, 0.3) is 0 Å². The predicted octanol–water partition coefficient (Wildman–Crippen LogP) is 2.50. The van der Waals surface area contributed by atoms with Crippen molar-refractivity contribution in [2.24, 2.45) is 5.41 Å². The Morgan fingerprint density at radius 3 is 2.67 bits per heavy atom. The number of hydrogen-bond donors (Lipinski definition) is 1. The van der Waals surface area contributed by atoms with Crippen molar-refractivity contribution < 1.29 is 0 Å². The van der Waals surface area contributed by atoms with Gasteiger partial charge in [-0.25, -0.2) is 0 Å². The Morgan fingerprint density at radius 2 is 2.13 bits per heavy atom. The van der Waals surface area contributed by atoms with Gasteiger partial charge in [0.2, 0.25) is 0 Å². The number of rotatable bonds is 6. The summed E-state index contributed by atoms with van der Waals surface area (Å²) in [6.07, 6.45) is 3.95. The third-order valence-electron chi connectivity index (χ3n) is 3.48. The molecule has 1 unspecified atom stereocenters. The van der Waals surface area contributed by atoms with E-state index in [1.54, 1.807) is 0 Å². The Morgan fingerprint density at radius 1 is 1.40 bits per heavy atom. The first-order valence-corrected chi connectivity index (χ1v) is 6.50. The number of likely N-dealkylation sites (tertiary alicyclic amines) is 1. The van der Waals surface area contributed by atoms with Crippen LogP contribution in [-0.4, -0.2) is 37.1 Å². The van der Waals surface area contributed by atoms with E-state index < -0.39 is 0 Å². The van der Waals surface area contributed by atoms with Crippen molar-refractivity contribution in [1.29, 1.82) is 0 Å². The van der Waals surface area contributed by atoms with Crippen LogP contribution < -0.4 is 5.32 Å². The Hall–Kier alpha value is -0.0800. The molecule has 0 bridgehead atoms. The normalized spacial score (nSPS) is 23.2. The first-order chi connectivity index (χ1) is 7.05. The van der Waals surface area contributed by atoms with Gasteiger partial charge in [0.1, 0.15) is 0 Å². The van der Waals surface area contributed by atoms with Gasteiger partial charge in [0.15, 0.2) is 0 Å². The largest absolute Gasteiger partial charge is 0.315 e. The molecule has 1 aliphatic rings. The standard InChI is InChI=1S/C13H28N2/c1-5-6-8-14-10-12(2)15-9-7-13(3,4)11-15/h12,14H,5-11H2,1-4H3. The lowest BCUT2D eigenvalue weighted by Gasteiger charge is -2.26. The van der Waals surface area contributed by atoms with E-state index in [1.165, 1.54) is 38.9 Å². The van der Waals surface area contributed by atoms with Gasteiger partial charge in [0, 0.05) is 19.1 Å². The van der Waals surface area contributed by atoms with Gasteiger partial charge in [-0.1, -0.05) is 27.2 Å². The van der Waals surface area contributed by atoms with Crippen LogP contribution in [0.1, 0.15) is 47.0 Å². The summed E-state index contributed by atoms with van der Waals surface area (Å²) in [5.41, 5.74) is 0.539. The quantitative estimate of drug-likeness (QED) is 0.681. The molecule has 90 valence electrons. The Labute approximate surface area is 95.4 Å². The van der Waals surface area contributed by atoms with Gasteiger partial charge < -0.3 is 5.32 Å². The van der Waals surface area contributed by atoms with Gasteiger partial charge in [-0.3, -0.25) is 4.90 Å². The van der Waals surface area contributed by atoms with Crippen molar-refractivity contribution in [3.05, 3.63) is 0 Å². The Kier molecular flexibility index (Phi) is 5.07. The van der Waals surface area contributed by atoms with E-state index in [4.69, 9.17) is 0 Å². The molecule has 1 fully saturated rings. The maximum Gasteiger partial charge on any atom is 0.0192 e. The van der Waals surface area contributed by atoms with Crippen LogP contribution in [-0.2, 0) is 0 Å². The lowest BCUT2D eigenvalue weighted by Crippen LogP contribution is -2.39. The molecular weight excluding hydrogens is 184 g/mol. The number of unbranched alkanes of at least 4 members (excludes halogenated alkanes) is 1. The summed E-state index contributed by atoms with van der Waals surface area (Å²) in [6.45, 7) is 14.2. The Balaban J connectivity index is 2.15. The summed E-state index contributed by atoms with van der Waals surface area (Å²) in [7, 11) is 0. The molecule has 0 spiro atoms. The van der Waals surface area contributed by atoms with Crippen molar-refractivity contribution in [3.63, 3.8) is 0 Å². The molecule has 0 aromatic heterocycles. The molecule has 1 heterocycles. The van der Waals surface area contributed by atoms with Crippen molar-refractivity contribution in [2.45, 2.75) is 53.0 Å². The zero-order valence-corrected chi connectivity index (χ0v) is 11.0. The zero-order chi connectivity index (χ0) is 11.3. The molecule has 15 heavy (non-hydrogen) atoms. The molecule has 0 amide bonds. The van der Waals surface area contributed by atoms with E-state index in [9.17, 15) is 0 Å². The Bertz CT molecular complexity index is 177. The summed E-state index contributed by atoms with van der Waals surface area (Å²) in [4.78, 5) is 2.62. The number of nitrogens with one attached hydrogen (secondary N) is 1. The number of hydrogen-bond acceptors (Lipinski definition) is 2. The van der Waals surface area contributed by atoms with Crippen LogP contribution in [0.3, 0.4) is 0 Å². The molecule has 0 aromatic carbocycles. The molecule has 0 aromatic rings. The summed E-state index contributed by atoms with van der Waals surface area (Å²) >= 11 is 0. The van der Waals surface area contributed by atoms with E-state index in [2.05, 4.69) is 37.9 Å². The summed E-state index contributed by atoms with van der Waals surface area (Å²) in [5.74, 6) is 0. The van der Waals surface area contributed by atoms with Crippen LogP contribution in [0.4, 0.5) is 0 Å². The predicted molar refractivity (Wildman–Crippen MR) is 67.2 cm³/mol. The lowest BCUT2D eigenvalue weighted by molar-refractivity contribution is 0.225. The van der Waals surface area contributed by atoms with Crippen LogP contribution in [0.15, 0.2) is 0 Å². The highest BCUT2D eigenvalue weighted by molar-refractivity contribution is 4.85. The molecule has 1 rings (SSSR count). The van der Waals surface area contributed by atoms with Crippen LogP contribution in [0.25, 0.3) is 0 Å². The smallest absolute Gasteiger partial charge is 0.0192 e. The van der Waals surface area contributed by atoms with Crippen LogP contribution >= 0.6 is 0 Å². The maximum atomic E-state index is 3.55. The van der Waals surface area contributed by atoms with E-state index in [0.717, 1.165) is 6.54 Å². The van der Waals surface area contributed by atoms with E-state index in [-0.39, 0.29) is 0 Å². The van der Waals surface area contributed by atoms with E-state index >= 15 is 0 Å². The summed E-state index contributed by atoms with van der Waals surface area (Å²) in [5, 5.41) is 3.55. The molecule has 1 aliphatic heterocycles. The minimum Gasteiger partial charge on any atom is -0.315 e. The SMILES string of the molecule is CCCCNCC(C)N1CCC(C)(C)C1. The average molecular weight is 212 g/mol. The highest BCUT2D eigenvalue weighted by Crippen LogP contribution is 2.29. The fraction of sp³-hybridized carbons (Fsp3) is 1.00. The third kappa shape index (κ3) is 4.52. The summed E-state index contributed by atoms with van der Waals surface area (Å²) < 4.78 is 0. The van der Waals surface area contributed by atoms with Crippen molar-refractivity contribution in [3.8, 4) is 0 Å².